The molecule has 12 nitrogen and oxygen atoms in total. The Balaban J connectivity index is 1.53. The number of carboxylic acid groups (broad SMARTS) is 1. The predicted molar refractivity (Wildman–Crippen MR) is 130 cm³/mol. The average molecular weight is 540 g/mol. The second-order valence-corrected chi connectivity index (χ2v) is 10.6. The fraction of sp³-hybridized carbons (Fsp3) is 0.400. The average Bonchev–Trinajstić information content (AvgIpc) is 3.41. The van der Waals surface area contributed by atoms with E-state index in [1.54, 1.807) is 5.38 Å². The third-order valence-corrected chi connectivity index (χ3v) is 8.71. The Morgan fingerprint density at radius 1 is 1.43 bits per heavy atom. The van der Waals surface area contributed by atoms with Gasteiger partial charge in [0.25, 0.3) is 11.8 Å². The zero-order valence-corrected chi connectivity index (χ0v) is 21.2. The number of aromatic nitrogens is 2. The zero-order valence-electron chi connectivity index (χ0n) is 18.8. The summed E-state index contributed by atoms with van der Waals surface area (Å²) in [5, 5.41) is 26.7. The summed E-state index contributed by atoms with van der Waals surface area (Å²) in [5.74, 6) is -2.02. The van der Waals surface area contributed by atoms with Gasteiger partial charge < -0.3 is 26.1 Å². The summed E-state index contributed by atoms with van der Waals surface area (Å²) in [6, 6.07) is -0.923. The molecule has 4 heterocycles. The largest absolute Gasteiger partial charge is 0.477 e. The molecule has 1 fully saturated rings. The smallest absolute Gasteiger partial charge is 0.352 e. The van der Waals surface area contributed by atoms with Gasteiger partial charge in [0.05, 0.1) is 4.88 Å². The third-order valence-electron chi connectivity index (χ3n) is 5.56. The number of hydrogen-bond donors (Lipinski definition) is 4. The van der Waals surface area contributed by atoms with Crippen LogP contribution in [0.25, 0.3) is 0 Å². The van der Waals surface area contributed by atoms with Gasteiger partial charge in [-0.05, 0) is 0 Å². The Kier molecular flexibility index (Phi) is 7.39. The summed E-state index contributed by atoms with van der Waals surface area (Å²) in [4.78, 5) is 49.0. The second-order valence-electron chi connectivity index (χ2n) is 7.65. The van der Waals surface area contributed by atoms with Crippen LogP contribution in [0.5, 0.6) is 0 Å². The molecule has 0 aliphatic carbocycles. The first kappa shape index (κ1) is 25.1. The number of aliphatic hydroxyl groups excluding tert-OH is 1. The number of aliphatic carboxylic acids is 1. The molecule has 2 amide bonds. The molecule has 35 heavy (non-hydrogen) atoms. The van der Waals surface area contributed by atoms with Gasteiger partial charge in [0.1, 0.15) is 29.9 Å². The molecule has 5 N–H and O–H groups in total. The van der Waals surface area contributed by atoms with Crippen LogP contribution in [0.15, 0.2) is 27.3 Å². The van der Waals surface area contributed by atoms with Gasteiger partial charge in [-0.1, -0.05) is 16.5 Å². The van der Waals surface area contributed by atoms with Crippen LogP contribution in [0.3, 0.4) is 0 Å². The van der Waals surface area contributed by atoms with Gasteiger partial charge >= 0.3 is 5.97 Å². The number of anilines is 1. The molecular weight excluding hydrogens is 516 g/mol. The molecule has 15 heteroatoms. The molecule has 2 atom stereocenters. The van der Waals surface area contributed by atoms with Crippen molar-refractivity contribution in [3.05, 3.63) is 38.4 Å². The number of nitrogens with zero attached hydrogens (tertiary/aromatic N) is 4. The molecule has 186 valence electrons. The van der Waals surface area contributed by atoms with Crippen molar-refractivity contribution in [1.29, 1.82) is 0 Å². The number of oxime groups is 1. The molecular formula is C20H23N6O6S3+. The monoisotopic (exact) mass is 539 g/mol. The molecule has 0 unspecified atom stereocenters. The molecule has 4 rings (SSSR count). The Hall–Kier alpha value is -3.01. The van der Waals surface area contributed by atoms with Gasteiger partial charge in [-0.2, -0.15) is 4.57 Å². The fourth-order valence-electron chi connectivity index (χ4n) is 3.86. The molecule has 1 saturated heterocycles. The predicted octanol–water partition coefficient (Wildman–Crippen LogP) is -0.293. The Labute approximate surface area is 212 Å². The minimum atomic E-state index is -1.20. The van der Waals surface area contributed by atoms with E-state index in [9.17, 15) is 24.6 Å². The number of rotatable bonds is 9. The van der Waals surface area contributed by atoms with Crippen molar-refractivity contribution in [2.75, 3.05) is 25.2 Å². The number of β-lactam (4-membered cyclic amide) rings is 1. The highest BCUT2D eigenvalue weighted by atomic mass is 32.2. The summed E-state index contributed by atoms with van der Waals surface area (Å²) in [7, 11) is 1.28. The number of aliphatic hydroxyl groups is 1. The van der Waals surface area contributed by atoms with Gasteiger partial charge in [-0.3, -0.25) is 14.5 Å². The normalized spacial score (nSPS) is 19.9. The maximum atomic E-state index is 13.0. The SMILES string of the molecule is CO/N=C(\C(=O)N[C@@H]1C(=O)N2C(C(=O)O)=C(C[n+]3csc(CCO)c3C)CS[C@H]12)c1csc(N)n1. The Morgan fingerprint density at radius 2 is 2.20 bits per heavy atom. The van der Waals surface area contributed by atoms with E-state index in [0.29, 0.717) is 24.3 Å². The Bertz CT molecular complexity index is 1240. The van der Waals surface area contributed by atoms with Gasteiger partial charge in [0, 0.05) is 36.7 Å². The minimum absolute atomic E-state index is 0.0318. The molecule has 0 aromatic carbocycles. The molecule has 2 aromatic rings. The standard InChI is InChI=1S/C20H22N6O6S3/c1-9-12(3-4-27)35-8-25(9)5-10-6-33-18-14(17(29)26(18)15(10)19(30)31)23-16(28)13(24-32-2)11-7-34-20(21)22-11/h7-8,14,18,27H,3-6H2,1-2H3,(H3-,21,22,23,28,30,31)/p+1/b24-13-/t14-,18-/m1/s1. The third kappa shape index (κ3) is 4.76. The van der Waals surface area contributed by atoms with Crippen LogP contribution >= 0.6 is 34.4 Å². The summed E-state index contributed by atoms with van der Waals surface area (Å²) >= 11 is 4.00. The minimum Gasteiger partial charge on any atom is -0.477 e. The van der Waals surface area contributed by atoms with Crippen molar-refractivity contribution < 1.29 is 34.0 Å². The van der Waals surface area contributed by atoms with Crippen molar-refractivity contribution in [3.8, 4) is 0 Å². The number of carbonyl (C=O) groups excluding carboxylic acids is 2. The molecule has 0 bridgehead atoms. The quantitative estimate of drug-likeness (QED) is 0.145. The van der Waals surface area contributed by atoms with Crippen LogP contribution in [-0.2, 0) is 32.2 Å². The number of thiazole rings is 2. The first-order chi connectivity index (χ1) is 16.8. The van der Waals surface area contributed by atoms with Crippen LogP contribution in [-0.4, -0.2) is 74.5 Å². The van der Waals surface area contributed by atoms with Crippen molar-refractivity contribution in [1.82, 2.24) is 15.2 Å². The maximum absolute atomic E-state index is 13.0. The summed E-state index contributed by atoms with van der Waals surface area (Å²) in [6.07, 6.45) is 0.527. The number of amides is 2. The number of nitrogen functional groups attached to an aromatic ring is 1. The summed E-state index contributed by atoms with van der Waals surface area (Å²) < 4.78 is 1.92. The van der Waals surface area contributed by atoms with Crippen LogP contribution in [0.1, 0.15) is 16.3 Å². The van der Waals surface area contributed by atoms with Crippen LogP contribution in [0, 0.1) is 6.92 Å². The number of nitrogens with one attached hydrogen (secondary N) is 1. The van der Waals surface area contributed by atoms with Crippen LogP contribution in [0.2, 0.25) is 0 Å². The number of carbonyl (C=O) groups is 3. The first-order valence-corrected chi connectivity index (χ1v) is 13.2. The lowest BCUT2D eigenvalue weighted by Crippen LogP contribution is -2.71. The second kappa shape index (κ2) is 10.3. The van der Waals surface area contributed by atoms with Crippen LogP contribution in [0.4, 0.5) is 5.13 Å². The molecule has 0 saturated carbocycles. The highest BCUT2D eigenvalue weighted by Crippen LogP contribution is 2.40. The van der Waals surface area contributed by atoms with E-state index in [2.05, 4.69) is 15.5 Å². The Morgan fingerprint density at radius 3 is 2.83 bits per heavy atom. The lowest BCUT2D eigenvalue weighted by Gasteiger charge is -2.49. The summed E-state index contributed by atoms with van der Waals surface area (Å²) in [6.45, 7) is 2.26. The number of nitrogens with two attached hydrogens (primary N) is 1. The van der Waals surface area contributed by atoms with E-state index in [4.69, 9.17) is 10.6 Å². The molecule has 0 spiro atoms. The molecule has 2 aromatic heterocycles. The van der Waals surface area contributed by atoms with Gasteiger partial charge in [-0.15, -0.1) is 23.1 Å². The number of thioether (sulfide) groups is 1. The first-order valence-electron chi connectivity index (χ1n) is 10.4. The lowest BCUT2D eigenvalue weighted by atomic mass is 10.0. The highest BCUT2D eigenvalue weighted by molar-refractivity contribution is 8.00. The van der Waals surface area contributed by atoms with E-state index in [1.165, 1.54) is 35.1 Å². The van der Waals surface area contributed by atoms with Gasteiger partial charge in [-0.25, -0.2) is 9.78 Å². The highest BCUT2D eigenvalue weighted by Gasteiger charge is 2.55. The van der Waals surface area contributed by atoms with E-state index < -0.39 is 29.2 Å². The van der Waals surface area contributed by atoms with E-state index in [1.807, 2.05) is 17.0 Å². The van der Waals surface area contributed by atoms with E-state index in [0.717, 1.165) is 21.9 Å². The van der Waals surface area contributed by atoms with Gasteiger partial charge in [0.15, 0.2) is 23.1 Å². The molecule has 2 aliphatic rings. The molecule has 0 radical (unpaired) electrons. The maximum Gasteiger partial charge on any atom is 0.352 e. The number of hydrogen-bond acceptors (Lipinski definition) is 11. The van der Waals surface area contributed by atoms with Crippen molar-refractivity contribution in [2.45, 2.75) is 31.3 Å². The van der Waals surface area contributed by atoms with Gasteiger partial charge in [0.2, 0.25) is 5.51 Å². The number of fused-ring (bicyclic) bond motifs is 1. The van der Waals surface area contributed by atoms with Crippen LogP contribution < -0.4 is 15.6 Å². The lowest BCUT2D eigenvalue weighted by molar-refractivity contribution is -0.690. The van der Waals surface area contributed by atoms with Crippen molar-refractivity contribution in [2.24, 2.45) is 5.16 Å². The molecule has 2 aliphatic heterocycles. The summed E-state index contributed by atoms with van der Waals surface area (Å²) in [5.41, 5.74) is 9.08. The zero-order chi connectivity index (χ0) is 25.3. The van der Waals surface area contributed by atoms with E-state index in [-0.39, 0.29) is 28.8 Å². The van der Waals surface area contributed by atoms with Crippen molar-refractivity contribution in [3.63, 3.8) is 0 Å². The van der Waals surface area contributed by atoms with Crippen molar-refractivity contribution >= 4 is 63.1 Å². The van der Waals surface area contributed by atoms with E-state index >= 15 is 0 Å². The fourth-order valence-corrected chi connectivity index (χ4v) is 6.73. The topological polar surface area (TPSA) is 171 Å². The number of carboxylic acids is 1.